The Kier molecular flexibility index (Phi) is 8.19. The van der Waals surface area contributed by atoms with E-state index in [2.05, 4.69) is 37.4 Å². The van der Waals surface area contributed by atoms with Gasteiger partial charge in [0.05, 0.1) is 0 Å². The van der Waals surface area contributed by atoms with Crippen LogP contribution in [0.1, 0.15) is 74.8 Å². The summed E-state index contributed by atoms with van der Waals surface area (Å²) in [6.07, 6.45) is 14.3. The van der Waals surface area contributed by atoms with Gasteiger partial charge in [0.15, 0.2) is 6.17 Å². The number of benzene rings is 2. The molecule has 34 heavy (non-hydrogen) atoms. The Bertz CT molecular complexity index is 1090. The zero-order valence-electron chi connectivity index (χ0n) is 20.3. The van der Waals surface area contributed by atoms with Crippen molar-refractivity contribution in [2.45, 2.75) is 76.3 Å². The van der Waals surface area contributed by atoms with Crippen LogP contribution in [-0.4, -0.2) is 6.17 Å². The van der Waals surface area contributed by atoms with E-state index in [1.54, 1.807) is 12.1 Å². The van der Waals surface area contributed by atoms with Gasteiger partial charge < -0.3 is 0 Å². The average Bonchev–Trinajstić information content (AvgIpc) is 2.88. The van der Waals surface area contributed by atoms with E-state index < -0.39 is 17.4 Å². The first-order valence-electron chi connectivity index (χ1n) is 13.0. The van der Waals surface area contributed by atoms with Crippen LogP contribution in [0, 0.1) is 11.3 Å². The lowest BCUT2D eigenvalue weighted by molar-refractivity contribution is 0.180. The average molecular weight is 461 g/mol. The van der Waals surface area contributed by atoms with E-state index in [9.17, 15) is 0 Å². The molecule has 2 aliphatic rings. The van der Waals surface area contributed by atoms with Crippen LogP contribution in [0.2, 0.25) is 0 Å². The second kappa shape index (κ2) is 11.3. The molecule has 0 spiro atoms. The fraction of sp³-hybridized carbons (Fsp3) is 0.438. The summed E-state index contributed by atoms with van der Waals surface area (Å²) >= 11 is 0. The predicted molar refractivity (Wildman–Crippen MR) is 140 cm³/mol. The molecule has 0 aromatic heterocycles. The number of alkyl halides is 1. The number of allylic oxidation sites excluding steroid dienone is 2. The first kappa shape index (κ1) is 24.6. The van der Waals surface area contributed by atoms with E-state index in [1.807, 2.05) is 30.4 Å². The van der Waals surface area contributed by atoms with Crippen LogP contribution in [0.15, 0.2) is 73.8 Å². The Morgan fingerprint density at radius 1 is 0.882 bits per heavy atom. The zero-order valence-corrected chi connectivity index (χ0v) is 20.3. The minimum Gasteiger partial charge on any atom is -0.239 e. The third-order valence-electron chi connectivity index (χ3n) is 8.16. The maximum atomic E-state index is 15.5. The molecule has 180 valence electrons. The lowest BCUT2D eigenvalue weighted by Gasteiger charge is -2.35. The van der Waals surface area contributed by atoms with Crippen LogP contribution in [0.5, 0.6) is 0 Å². The highest BCUT2D eigenvalue weighted by atomic mass is 19.2. The third-order valence-corrected chi connectivity index (χ3v) is 8.16. The number of hydrogen-bond acceptors (Lipinski definition) is 0. The van der Waals surface area contributed by atoms with Crippen LogP contribution in [-0.2, 0) is 6.42 Å². The summed E-state index contributed by atoms with van der Waals surface area (Å²) in [5, 5.41) is 1.20. The Hall–Kier alpha value is -2.48. The first-order valence-corrected chi connectivity index (χ1v) is 13.0. The number of hydrogen-bond donors (Lipinski definition) is 0. The van der Waals surface area contributed by atoms with E-state index in [0.717, 1.165) is 24.0 Å². The standard InChI is InChI=1S/C32H38F2/c1-3-5-9-24-12-16-26(17-13-24)27-18-14-25(15-19-27)20-22-32(21-6-4-2)23-28-10-7-8-11-29(28)30(33)31(32)34/h3-4,7-8,10-11,14-15,18-19,23-24,26,31H,1-2,5-6,9,12-13,16-17,20-22H2. The Labute approximate surface area is 203 Å². The molecule has 0 heterocycles. The van der Waals surface area contributed by atoms with Gasteiger partial charge in [0.25, 0.3) is 0 Å². The van der Waals surface area contributed by atoms with E-state index in [0.29, 0.717) is 30.4 Å². The molecule has 0 aliphatic heterocycles. The summed E-state index contributed by atoms with van der Waals surface area (Å²) in [7, 11) is 0. The van der Waals surface area contributed by atoms with Gasteiger partial charge in [-0.1, -0.05) is 66.8 Å². The van der Waals surface area contributed by atoms with Crippen molar-refractivity contribution in [3.63, 3.8) is 0 Å². The monoisotopic (exact) mass is 460 g/mol. The SMILES string of the molecule is C=CCCC1CCC(c2ccc(CCC3(CCC=C)C=c4ccccc4=C(F)C3F)cc2)CC1. The summed E-state index contributed by atoms with van der Waals surface area (Å²) in [6.45, 7) is 7.67. The highest BCUT2D eigenvalue weighted by Gasteiger charge is 2.41. The molecule has 2 heteroatoms. The molecule has 0 N–H and O–H groups in total. The second-order valence-corrected chi connectivity index (χ2v) is 10.3. The Morgan fingerprint density at radius 3 is 2.29 bits per heavy atom. The molecule has 2 atom stereocenters. The van der Waals surface area contributed by atoms with Crippen LogP contribution < -0.4 is 10.4 Å². The van der Waals surface area contributed by atoms with Crippen molar-refractivity contribution in [2.75, 3.05) is 0 Å². The van der Waals surface area contributed by atoms with Gasteiger partial charge in [-0.2, -0.15) is 0 Å². The quantitative estimate of drug-likeness (QED) is 0.318. The number of aryl methyl sites for hydroxylation is 1. The first-order chi connectivity index (χ1) is 16.6. The van der Waals surface area contributed by atoms with Gasteiger partial charge in [0.1, 0.15) is 5.83 Å². The van der Waals surface area contributed by atoms with Crippen LogP contribution in [0.25, 0.3) is 11.9 Å². The van der Waals surface area contributed by atoms with Gasteiger partial charge in [0, 0.05) is 10.6 Å². The van der Waals surface area contributed by atoms with Crippen LogP contribution in [0.3, 0.4) is 0 Å². The summed E-state index contributed by atoms with van der Waals surface area (Å²) in [5.41, 5.74) is 1.78. The molecular formula is C32H38F2. The van der Waals surface area contributed by atoms with Crippen LogP contribution in [0.4, 0.5) is 8.78 Å². The van der Waals surface area contributed by atoms with Gasteiger partial charge >= 0.3 is 0 Å². The van der Waals surface area contributed by atoms with Crippen molar-refractivity contribution < 1.29 is 8.78 Å². The fourth-order valence-corrected chi connectivity index (χ4v) is 5.98. The normalized spacial score (nSPS) is 26.4. The largest absolute Gasteiger partial charge is 0.239 e. The van der Waals surface area contributed by atoms with Crippen LogP contribution >= 0.6 is 0 Å². The Balaban J connectivity index is 1.45. The number of halogens is 2. The summed E-state index contributed by atoms with van der Waals surface area (Å²) in [4.78, 5) is 0. The van der Waals surface area contributed by atoms with Crippen molar-refractivity contribution in [1.82, 2.24) is 0 Å². The van der Waals surface area contributed by atoms with E-state index in [-0.39, 0.29) is 0 Å². The molecule has 0 radical (unpaired) electrons. The second-order valence-electron chi connectivity index (χ2n) is 10.3. The summed E-state index contributed by atoms with van der Waals surface area (Å²) in [6, 6.07) is 16.2. The molecule has 2 aliphatic carbocycles. The van der Waals surface area contributed by atoms with Gasteiger partial charge in [-0.15, -0.1) is 13.2 Å². The minimum absolute atomic E-state index is 0.396. The molecular weight excluding hydrogens is 422 g/mol. The molecule has 1 saturated carbocycles. The molecule has 0 bridgehead atoms. The van der Waals surface area contributed by atoms with Crippen molar-refractivity contribution in [1.29, 1.82) is 0 Å². The van der Waals surface area contributed by atoms with Crippen molar-refractivity contribution in [3.05, 3.63) is 95.4 Å². The smallest absolute Gasteiger partial charge is 0.161 e. The molecule has 0 nitrogen and oxygen atoms in total. The highest BCUT2D eigenvalue weighted by Crippen LogP contribution is 2.43. The highest BCUT2D eigenvalue weighted by molar-refractivity contribution is 5.55. The molecule has 1 fully saturated rings. The summed E-state index contributed by atoms with van der Waals surface area (Å²) < 4.78 is 30.6. The topological polar surface area (TPSA) is 0 Å². The molecule has 0 amide bonds. The van der Waals surface area contributed by atoms with E-state index in [1.165, 1.54) is 43.2 Å². The molecule has 2 aromatic carbocycles. The maximum Gasteiger partial charge on any atom is 0.161 e. The molecule has 4 rings (SSSR count). The number of fused-ring (bicyclic) bond motifs is 1. The lowest BCUT2D eigenvalue weighted by atomic mass is 9.71. The predicted octanol–water partition coefficient (Wildman–Crippen LogP) is 7.72. The number of rotatable bonds is 10. The van der Waals surface area contributed by atoms with Gasteiger partial charge in [0.2, 0.25) is 0 Å². The van der Waals surface area contributed by atoms with Crippen molar-refractivity contribution in [2.24, 2.45) is 11.3 Å². The minimum atomic E-state index is -1.61. The van der Waals surface area contributed by atoms with Gasteiger partial charge in [-0.05, 0) is 92.4 Å². The van der Waals surface area contributed by atoms with E-state index >= 15 is 8.78 Å². The fourth-order valence-electron chi connectivity index (χ4n) is 5.98. The Morgan fingerprint density at radius 2 is 1.59 bits per heavy atom. The summed E-state index contributed by atoms with van der Waals surface area (Å²) in [5.74, 6) is 0.874. The van der Waals surface area contributed by atoms with E-state index in [4.69, 9.17) is 0 Å². The van der Waals surface area contributed by atoms with Crippen molar-refractivity contribution >= 4 is 11.9 Å². The molecule has 2 unspecified atom stereocenters. The zero-order chi connectivity index (χ0) is 24.0. The third kappa shape index (κ3) is 5.43. The molecule has 2 aromatic rings. The lowest BCUT2D eigenvalue weighted by Crippen LogP contribution is -2.43. The molecule has 0 saturated heterocycles. The maximum absolute atomic E-state index is 15.5. The van der Waals surface area contributed by atoms with Gasteiger partial charge in [-0.25, -0.2) is 8.78 Å². The van der Waals surface area contributed by atoms with Gasteiger partial charge in [-0.3, -0.25) is 0 Å². The van der Waals surface area contributed by atoms with Crippen molar-refractivity contribution in [3.8, 4) is 0 Å².